The Hall–Kier alpha value is -1.93. The zero-order valence-electron chi connectivity index (χ0n) is 11.3. The Bertz CT molecular complexity index is 618. The van der Waals surface area contributed by atoms with Crippen LogP contribution in [0.1, 0.15) is 37.8 Å². The first-order valence-corrected chi connectivity index (χ1v) is 6.88. The molecule has 2 heterocycles. The summed E-state index contributed by atoms with van der Waals surface area (Å²) in [6.45, 7) is 5.49. The third-order valence-corrected chi connectivity index (χ3v) is 3.80. The summed E-state index contributed by atoms with van der Waals surface area (Å²) in [5.74, 6) is 0.431. The van der Waals surface area contributed by atoms with Gasteiger partial charge in [0, 0.05) is 17.0 Å². The molecule has 2 aromatic heterocycles. The average molecular weight is 297 g/mol. The van der Waals surface area contributed by atoms with Crippen molar-refractivity contribution < 1.29 is 14.8 Å². The molecule has 0 aliphatic carbocycles. The fourth-order valence-corrected chi connectivity index (χ4v) is 2.48. The summed E-state index contributed by atoms with van der Waals surface area (Å²) in [5, 5.41) is 24.7. The zero-order chi connectivity index (χ0) is 14.9. The Labute approximate surface area is 119 Å². The van der Waals surface area contributed by atoms with E-state index in [0.29, 0.717) is 10.6 Å². The van der Waals surface area contributed by atoms with Gasteiger partial charge in [-0.25, -0.2) is 0 Å². The van der Waals surface area contributed by atoms with Crippen LogP contribution in [-0.2, 0) is 0 Å². The summed E-state index contributed by atoms with van der Waals surface area (Å²) >= 11 is 1.06. The van der Waals surface area contributed by atoms with Crippen LogP contribution < -0.4 is 4.74 Å². The first kappa shape index (κ1) is 14.5. The van der Waals surface area contributed by atoms with Crippen LogP contribution in [0.5, 0.6) is 10.8 Å². The molecule has 7 nitrogen and oxygen atoms in total. The van der Waals surface area contributed by atoms with Gasteiger partial charge in [0.2, 0.25) is 0 Å². The SMILES string of the molecule is CC(C)n1cc(Oc2sc([C@@H](C)O)cc2[N+](=O)[O-])cn1. The fraction of sp³-hybridized carbons (Fsp3) is 0.417. The summed E-state index contributed by atoms with van der Waals surface area (Å²) in [6, 6.07) is 1.51. The van der Waals surface area contributed by atoms with Gasteiger partial charge in [-0.3, -0.25) is 14.8 Å². The molecule has 8 heteroatoms. The number of aliphatic hydroxyl groups is 1. The van der Waals surface area contributed by atoms with E-state index in [-0.39, 0.29) is 16.8 Å². The van der Waals surface area contributed by atoms with Gasteiger partial charge in [-0.1, -0.05) is 11.3 Å². The van der Waals surface area contributed by atoms with Crippen molar-refractivity contribution in [1.82, 2.24) is 9.78 Å². The van der Waals surface area contributed by atoms with E-state index in [1.54, 1.807) is 17.8 Å². The molecule has 2 aromatic rings. The summed E-state index contributed by atoms with van der Waals surface area (Å²) in [6.07, 6.45) is 2.41. The highest BCUT2D eigenvalue weighted by atomic mass is 32.1. The van der Waals surface area contributed by atoms with Crippen LogP contribution in [-0.4, -0.2) is 19.8 Å². The fourth-order valence-electron chi connectivity index (χ4n) is 1.55. The number of hydrogen-bond acceptors (Lipinski definition) is 6. The lowest BCUT2D eigenvalue weighted by Gasteiger charge is -2.03. The van der Waals surface area contributed by atoms with E-state index in [1.165, 1.54) is 12.3 Å². The quantitative estimate of drug-likeness (QED) is 0.675. The van der Waals surface area contributed by atoms with Crippen molar-refractivity contribution in [3.8, 4) is 10.8 Å². The molecule has 0 radical (unpaired) electrons. The lowest BCUT2D eigenvalue weighted by Crippen LogP contribution is -1.99. The predicted molar refractivity (Wildman–Crippen MR) is 74.3 cm³/mol. The molecule has 0 aromatic carbocycles. The maximum atomic E-state index is 11.0. The standard InChI is InChI=1S/C12H15N3O4S/c1-7(2)14-6-9(5-13-14)19-12-10(15(17)18)4-11(20-12)8(3)16/h4-8,16H,1-3H3/t8-/m1/s1. The second-order valence-corrected chi connectivity index (χ2v) is 5.65. The minimum atomic E-state index is -0.769. The topological polar surface area (TPSA) is 90.4 Å². The van der Waals surface area contributed by atoms with Crippen molar-refractivity contribution in [2.45, 2.75) is 32.9 Å². The Morgan fingerprint density at radius 1 is 1.50 bits per heavy atom. The maximum Gasteiger partial charge on any atom is 0.323 e. The summed E-state index contributed by atoms with van der Waals surface area (Å²) in [7, 11) is 0. The monoisotopic (exact) mass is 297 g/mol. The van der Waals surface area contributed by atoms with Gasteiger partial charge in [-0.2, -0.15) is 5.10 Å². The van der Waals surface area contributed by atoms with Crippen molar-refractivity contribution >= 4 is 17.0 Å². The number of thiophene rings is 1. The van der Waals surface area contributed by atoms with E-state index >= 15 is 0 Å². The van der Waals surface area contributed by atoms with Crippen molar-refractivity contribution in [1.29, 1.82) is 0 Å². The van der Waals surface area contributed by atoms with E-state index in [2.05, 4.69) is 5.10 Å². The molecule has 0 spiro atoms. The normalized spacial score (nSPS) is 12.7. The number of nitrogens with zero attached hydrogens (tertiary/aromatic N) is 3. The molecule has 0 unspecified atom stereocenters. The van der Waals surface area contributed by atoms with Gasteiger partial charge in [0.25, 0.3) is 5.06 Å². The van der Waals surface area contributed by atoms with E-state index in [1.807, 2.05) is 13.8 Å². The molecule has 0 saturated heterocycles. The number of ether oxygens (including phenoxy) is 1. The van der Waals surface area contributed by atoms with Crippen molar-refractivity contribution in [3.63, 3.8) is 0 Å². The molecule has 0 bridgehead atoms. The van der Waals surface area contributed by atoms with Crippen LogP contribution in [0.3, 0.4) is 0 Å². The maximum absolute atomic E-state index is 11.0. The molecule has 0 aliphatic heterocycles. The number of aliphatic hydroxyl groups excluding tert-OH is 1. The molecule has 20 heavy (non-hydrogen) atoms. The molecule has 0 aliphatic rings. The van der Waals surface area contributed by atoms with Gasteiger partial charge in [0.1, 0.15) is 0 Å². The second kappa shape index (κ2) is 5.59. The molecule has 0 amide bonds. The molecule has 2 rings (SSSR count). The molecule has 0 saturated carbocycles. The molecule has 1 N–H and O–H groups in total. The Morgan fingerprint density at radius 3 is 2.70 bits per heavy atom. The molecular weight excluding hydrogens is 282 g/mol. The average Bonchev–Trinajstić information content (AvgIpc) is 2.96. The molecular formula is C12H15N3O4S. The largest absolute Gasteiger partial charge is 0.437 e. The Kier molecular flexibility index (Phi) is 4.05. The highest BCUT2D eigenvalue weighted by Gasteiger charge is 2.23. The Morgan fingerprint density at radius 2 is 2.20 bits per heavy atom. The minimum Gasteiger partial charge on any atom is -0.437 e. The number of nitro groups is 1. The highest BCUT2D eigenvalue weighted by Crippen LogP contribution is 2.41. The molecule has 1 atom stereocenters. The van der Waals surface area contributed by atoms with Gasteiger partial charge in [0.05, 0.1) is 23.4 Å². The smallest absolute Gasteiger partial charge is 0.323 e. The molecule has 108 valence electrons. The van der Waals surface area contributed by atoms with Crippen LogP contribution in [0.4, 0.5) is 5.69 Å². The second-order valence-electron chi connectivity index (χ2n) is 4.61. The highest BCUT2D eigenvalue weighted by molar-refractivity contribution is 7.14. The summed E-state index contributed by atoms with van der Waals surface area (Å²) < 4.78 is 7.21. The van der Waals surface area contributed by atoms with Crippen molar-refractivity contribution in [3.05, 3.63) is 33.5 Å². The lowest BCUT2D eigenvalue weighted by molar-refractivity contribution is -0.385. The van der Waals surface area contributed by atoms with Gasteiger partial charge in [0.15, 0.2) is 5.75 Å². The molecule has 0 fully saturated rings. The van der Waals surface area contributed by atoms with Crippen LogP contribution in [0, 0.1) is 10.1 Å². The van der Waals surface area contributed by atoms with Crippen LogP contribution in [0.15, 0.2) is 18.5 Å². The van der Waals surface area contributed by atoms with Crippen molar-refractivity contribution in [2.24, 2.45) is 0 Å². The third-order valence-electron chi connectivity index (χ3n) is 2.62. The number of rotatable bonds is 5. The van der Waals surface area contributed by atoms with Gasteiger partial charge in [-0.05, 0) is 20.8 Å². The Balaban J connectivity index is 2.29. The number of aromatic nitrogens is 2. The predicted octanol–water partition coefficient (Wildman–Crippen LogP) is 3.28. The van der Waals surface area contributed by atoms with Crippen molar-refractivity contribution in [2.75, 3.05) is 0 Å². The van der Waals surface area contributed by atoms with Crippen LogP contribution >= 0.6 is 11.3 Å². The van der Waals surface area contributed by atoms with Gasteiger partial charge in [-0.15, -0.1) is 0 Å². The van der Waals surface area contributed by atoms with E-state index < -0.39 is 11.0 Å². The lowest BCUT2D eigenvalue weighted by atomic mass is 10.3. The van der Waals surface area contributed by atoms with E-state index in [4.69, 9.17) is 4.74 Å². The zero-order valence-corrected chi connectivity index (χ0v) is 12.1. The van der Waals surface area contributed by atoms with Crippen LogP contribution in [0.25, 0.3) is 0 Å². The van der Waals surface area contributed by atoms with E-state index in [0.717, 1.165) is 11.3 Å². The first-order valence-electron chi connectivity index (χ1n) is 6.06. The van der Waals surface area contributed by atoms with E-state index in [9.17, 15) is 15.2 Å². The van der Waals surface area contributed by atoms with Gasteiger partial charge >= 0.3 is 5.69 Å². The summed E-state index contributed by atoms with van der Waals surface area (Å²) in [4.78, 5) is 11.0. The minimum absolute atomic E-state index is 0.147. The first-order chi connectivity index (χ1) is 9.38. The van der Waals surface area contributed by atoms with Crippen LogP contribution in [0.2, 0.25) is 0 Å². The van der Waals surface area contributed by atoms with Gasteiger partial charge < -0.3 is 9.84 Å². The third kappa shape index (κ3) is 2.97. The number of hydrogen-bond donors (Lipinski definition) is 1. The summed E-state index contributed by atoms with van der Waals surface area (Å²) in [5.41, 5.74) is -0.150.